The van der Waals surface area contributed by atoms with Crippen molar-refractivity contribution in [3.8, 4) is 23.0 Å². The summed E-state index contributed by atoms with van der Waals surface area (Å²) in [4.78, 5) is 24.5. The SMILES string of the molecule is CCOc1cc(C=NNC(=O)CNC(=O)c2ccc(OC)c(OC)c2)ccc1OCc1ccc(C)cc1. The summed E-state index contributed by atoms with van der Waals surface area (Å²) in [6.45, 7) is 4.56. The van der Waals surface area contributed by atoms with Crippen molar-refractivity contribution in [1.29, 1.82) is 0 Å². The highest BCUT2D eigenvalue weighted by Gasteiger charge is 2.12. The van der Waals surface area contributed by atoms with E-state index >= 15 is 0 Å². The predicted molar refractivity (Wildman–Crippen MR) is 141 cm³/mol. The number of aryl methyl sites for hydroxylation is 1. The maximum atomic E-state index is 12.4. The van der Waals surface area contributed by atoms with Gasteiger partial charge < -0.3 is 24.3 Å². The quantitative estimate of drug-likeness (QED) is 0.286. The maximum Gasteiger partial charge on any atom is 0.259 e. The van der Waals surface area contributed by atoms with E-state index < -0.39 is 11.8 Å². The van der Waals surface area contributed by atoms with Crippen molar-refractivity contribution in [3.63, 3.8) is 0 Å². The highest BCUT2D eigenvalue weighted by Crippen LogP contribution is 2.29. The van der Waals surface area contributed by atoms with Gasteiger partial charge in [0.1, 0.15) is 6.61 Å². The van der Waals surface area contributed by atoms with E-state index in [0.717, 1.165) is 5.56 Å². The van der Waals surface area contributed by atoms with Gasteiger partial charge in [0.05, 0.1) is 33.6 Å². The average Bonchev–Trinajstić information content (AvgIpc) is 2.92. The van der Waals surface area contributed by atoms with Crippen molar-refractivity contribution in [2.75, 3.05) is 27.4 Å². The fourth-order valence-electron chi connectivity index (χ4n) is 3.30. The number of hydrogen-bond donors (Lipinski definition) is 2. The molecular formula is C28H31N3O6. The third-order valence-corrected chi connectivity index (χ3v) is 5.24. The number of rotatable bonds is 12. The molecule has 2 N–H and O–H groups in total. The lowest BCUT2D eigenvalue weighted by atomic mass is 10.2. The first kappa shape index (κ1) is 27.1. The molecule has 0 spiro atoms. The number of hydrogen-bond acceptors (Lipinski definition) is 7. The Hall–Kier alpha value is -4.53. The van der Waals surface area contributed by atoms with Gasteiger partial charge in [0, 0.05) is 5.56 Å². The van der Waals surface area contributed by atoms with Crippen molar-refractivity contribution in [2.45, 2.75) is 20.5 Å². The molecule has 0 aliphatic rings. The number of carbonyl (C=O) groups is 2. The van der Waals surface area contributed by atoms with E-state index in [9.17, 15) is 9.59 Å². The van der Waals surface area contributed by atoms with Crippen LogP contribution in [0.4, 0.5) is 0 Å². The molecule has 37 heavy (non-hydrogen) atoms. The van der Waals surface area contributed by atoms with Gasteiger partial charge in [0.25, 0.3) is 11.8 Å². The molecule has 3 rings (SSSR count). The van der Waals surface area contributed by atoms with Crippen LogP contribution in [0.25, 0.3) is 0 Å². The minimum absolute atomic E-state index is 0.250. The molecule has 0 unspecified atom stereocenters. The Morgan fingerprint density at radius 1 is 0.865 bits per heavy atom. The molecule has 0 fully saturated rings. The first-order chi connectivity index (χ1) is 17.9. The van der Waals surface area contributed by atoms with E-state index in [1.165, 1.54) is 32.1 Å². The number of methoxy groups -OCH3 is 2. The zero-order valence-electron chi connectivity index (χ0n) is 21.4. The van der Waals surface area contributed by atoms with Gasteiger partial charge in [-0.2, -0.15) is 5.10 Å². The molecule has 9 nitrogen and oxygen atoms in total. The standard InChI is InChI=1S/C28H31N3O6/c1-5-36-26-14-21(10-12-24(26)37-18-20-8-6-19(2)7-9-20)16-30-31-27(32)17-29-28(33)22-11-13-23(34-3)25(15-22)35-4/h6-16H,5,17-18H2,1-4H3,(H,29,33)(H,31,32). The molecule has 2 amide bonds. The lowest BCUT2D eigenvalue weighted by Gasteiger charge is -2.13. The third-order valence-electron chi connectivity index (χ3n) is 5.24. The molecule has 0 aromatic heterocycles. The molecule has 194 valence electrons. The fraction of sp³-hybridized carbons (Fsp3) is 0.250. The number of ether oxygens (including phenoxy) is 4. The summed E-state index contributed by atoms with van der Waals surface area (Å²) in [5, 5.41) is 6.51. The van der Waals surface area contributed by atoms with Crippen LogP contribution < -0.4 is 29.7 Å². The van der Waals surface area contributed by atoms with Crippen LogP contribution in [-0.4, -0.2) is 45.4 Å². The molecule has 3 aromatic carbocycles. The van der Waals surface area contributed by atoms with Crippen LogP contribution in [0.2, 0.25) is 0 Å². The van der Waals surface area contributed by atoms with Crippen LogP contribution in [-0.2, 0) is 11.4 Å². The van der Waals surface area contributed by atoms with Crippen molar-refractivity contribution in [1.82, 2.24) is 10.7 Å². The number of benzene rings is 3. The van der Waals surface area contributed by atoms with Crippen molar-refractivity contribution in [2.24, 2.45) is 5.10 Å². The monoisotopic (exact) mass is 505 g/mol. The predicted octanol–water partition coefficient (Wildman–Crippen LogP) is 3.87. The number of hydrazone groups is 1. The Kier molecular flexibility index (Phi) is 9.90. The normalized spacial score (nSPS) is 10.6. The minimum atomic E-state index is -0.479. The van der Waals surface area contributed by atoms with E-state index in [0.29, 0.717) is 47.3 Å². The summed E-state index contributed by atoms with van der Waals surface area (Å²) >= 11 is 0. The summed E-state index contributed by atoms with van der Waals surface area (Å²) in [7, 11) is 2.99. The van der Waals surface area contributed by atoms with E-state index in [2.05, 4.69) is 15.8 Å². The molecule has 0 heterocycles. The Balaban J connectivity index is 1.53. The van der Waals surface area contributed by atoms with Crippen LogP contribution in [0.1, 0.15) is 34.0 Å². The number of carbonyl (C=O) groups excluding carboxylic acids is 2. The number of nitrogens with zero attached hydrogens (tertiary/aromatic N) is 1. The summed E-state index contributed by atoms with van der Waals surface area (Å²) in [6, 6.07) is 18.2. The van der Waals surface area contributed by atoms with E-state index in [1.807, 2.05) is 44.2 Å². The molecular weight excluding hydrogens is 474 g/mol. The van der Waals surface area contributed by atoms with Gasteiger partial charge in [-0.05, 0) is 61.4 Å². The summed E-state index contributed by atoms with van der Waals surface area (Å²) < 4.78 is 22.0. The largest absolute Gasteiger partial charge is 0.493 e. The minimum Gasteiger partial charge on any atom is -0.493 e. The van der Waals surface area contributed by atoms with Crippen molar-refractivity contribution >= 4 is 18.0 Å². The van der Waals surface area contributed by atoms with Crippen LogP contribution in [0.3, 0.4) is 0 Å². The lowest BCUT2D eigenvalue weighted by molar-refractivity contribution is -0.120. The first-order valence-corrected chi connectivity index (χ1v) is 11.7. The highest BCUT2D eigenvalue weighted by molar-refractivity contribution is 5.97. The Morgan fingerprint density at radius 3 is 2.30 bits per heavy atom. The number of nitrogens with one attached hydrogen (secondary N) is 2. The summed E-state index contributed by atoms with van der Waals surface area (Å²) in [5.41, 5.74) is 5.68. The third kappa shape index (κ3) is 7.99. The molecule has 0 radical (unpaired) electrons. The van der Waals surface area contributed by atoms with Gasteiger partial charge in [-0.3, -0.25) is 9.59 Å². The Bertz CT molecular complexity index is 1240. The van der Waals surface area contributed by atoms with Gasteiger partial charge in [-0.15, -0.1) is 0 Å². The van der Waals surface area contributed by atoms with Gasteiger partial charge in [-0.25, -0.2) is 5.43 Å². The van der Waals surface area contributed by atoms with Gasteiger partial charge in [-0.1, -0.05) is 29.8 Å². The van der Waals surface area contributed by atoms with Gasteiger partial charge in [0.15, 0.2) is 23.0 Å². The van der Waals surface area contributed by atoms with Crippen LogP contribution in [0.15, 0.2) is 65.8 Å². The van der Waals surface area contributed by atoms with Crippen LogP contribution >= 0.6 is 0 Å². The van der Waals surface area contributed by atoms with Gasteiger partial charge >= 0.3 is 0 Å². The zero-order chi connectivity index (χ0) is 26.6. The molecule has 0 atom stereocenters. The summed E-state index contributed by atoms with van der Waals surface area (Å²) in [6.07, 6.45) is 1.49. The summed E-state index contributed by atoms with van der Waals surface area (Å²) in [5.74, 6) is 1.20. The van der Waals surface area contributed by atoms with Crippen molar-refractivity contribution in [3.05, 3.63) is 82.9 Å². The smallest absolute Gasteiger partial charge is 0.259 e. The number of amides is 2. The Labute approximate surface area is 216 Å². The fourth-order valence-corrected chi connectivity index (χ4v) is 3.30. The molecule has 0 bridgehead atoms. The molecule has 0 saturated carbocycles. The van der Waals surface area contributed by atoms with E-state index in [-0.39, 0.29) is 6.54 Å². The highest BCUT2D eigenvalue weighted by atomic mass is 16.5. The van der Waals surface area contributed by atoms with Crippen LogP contribution in [0.5, 0.6) is 23.0 Å². The molecule has 3 aromatic rings. The van der Waals surface area contributed by atoms with Crippen molar-refractivity contribution < 1.29 is 28.5 Å². The second kappa shape index (κ2) is 13.5. The molecule has 9 heteroatoms. The molecule has 0 saturated heterocycles. The maximum absolute atomic E-state index is 12.4. The first-order valence-electron chi connectivity index (χ1n) is 11.7. The van der Waals surface area contributed by atoms with Gasteiger partial charge in [0.2, 0.25) is 0 Å². The second-order valence-corrected chi connectivity index (χ2v) is 7.96. The average molecular weight is 506 g/mol. The Morgan fingerprint density at radius 2 is 1.59 bits per heavy atom. The lowest BCUT2D eigenvalue weighted by Crippen LogP contribution is -2.34. The molecule has 0 aliphatic heterocycles. The zero-order valence-corrected chi connectivity index (χ0v) is 21.4. The van der Waals surface area contributed by atoms with E-state index in [4.69, 9.17) is 18.9 Å². The second-order valence-electron chi connectivity index (χ2n) is 7.96. The molecule has 0 aliphatic carbocycles. The van der Waals surface area contributed by atoms with Crippen LogP contribution in [0, 0.1) is 6.92 Å². The topological polar surface area (TPSA) is 107 Å². The van der Waals surface area contributed by atoms with E-state index in [1.54, 1.807) is 24.3 Å².